The van der Waals surface area contributed by atoms with Gasteiger partial charge in [0.2, 0.25) is 0 Å². The molecule has 2 rings (SSSR count). The molecule has 0 aliphatic rings. The molecule has 1 heterocycles. The van der Waals surface area contributed by atoms with Crippen molar-refractivity contribution in [2.24, 2.45) is 0 Å². The van der Waals surface area contributed by atoms with E-state index in [9.17, 15) is 13.2 Å². The summed E-state index contributed by atoms with van der Waals surface area (Å²) in [6.07, 6.45) is -4.31. The quantitative estimate of drug-likeness (QED) is 0.631. The maximum absolute atomic E-state index is 12.3. The molecule has 0 saturated carbocycles. The molecule has 73 valence electrons. The van der Waals surface area contributed by atoms with Crippen molar-refractivity contribution in [1.82, 2.24) is 0 Å². The first-order valence-corrected chi connectivity index (χ1v) is 3.89. The first-order chi connectivity index (χ1) is 6.47. The maximum Gasteiger partial charge on any atom is 0.416 e. The van der Waals surface area contributed by atoms with Crippen LogP contribution >= 0.6 is 0 Å². The van der Waals surface area contributed by atoms with E-state index in [4.69, 9.17) is 4.42 Å². The summed E-state index contributed by atoms with van der Waals surface area (Å²) in [6, 6.07) is 4.82. The maximum atomic E-state index is 12.3. The summed E-state index contributed by atoms with van der Waals surface area (Å²) >= 11 is 0. The van der Waals surface area contributed by atoms with Gasteiger partial charge >= 0.3 is 6.18 Å². The molecule has 2 aromatic rings. The molecule has 14 heavy (non-hydrogen) atoms. The molecule has 1 nitrogen and oxygen atoms in total. The van der Waals surface area contributed by atoms with Crippen molar-refractivity contribution >= 4 is 11.0 Å². The highest BCUT2D eigenvalue weighted by Gasteiger charge is 2.30. The van der Waals surface area contributed by atoms with Gasteiger partial charge in [0.1, 0.15) is 11.3 Å². The van der Waals surface area contributed by atoms with E-state index in [1.54, 1.807) is 0 Å². The van der Waals surface area contributed by atoms with Crippen LogP contribution in [0.15, 0.2) is 28.7 Å². The molecule has 1 aromatic carbocycles. The Hall–Kier alpha value is -1.45. The second kappa shape index (κ2) is 2.77. The number of benzene rings is 1. The van der Waals surface area contributed by atoms with E-state index >= 15 is 0 Å². The van der Waals surface area contributed by atoms with Gasteiger partial charge in [-0.1, -0.05) is 0 Å². The highest BCUT2D eigenvalue weighted by atomic mass is 19.4. The minimum Gasteiger partial charge on any atom is -0.461 e. The van der Waals surface area contributed by atoms with Crippen LogP contribution in [-0.4, -0.2) is 0 Å². The Kier molecular flexibility index (Phi) is 1.80. The third-order valence-corrected chi connectivity index (χ3v) is 1.89. The average molecular weight is 199 g/mol. The third kappa shape index (κ3) is 1.47. The van der Waals surface area contributed by atoms with Gasteiger partial charge in [0.15, 0.2) is 0 Å². The standard InChI is InChI=1S/C10H6F3O/c1-6-4-7-5-8(10(11,12)13)2-3-9(7)14-6/h2-5H,1H2. The fourth-order valence-corrected chi connectivity index (χ4v) is 1.27. The Morgan fingerprint density at radius 1 is 1.14 bits per heavy atom. The van der Waals surface area contributed by atoms with Crippen LogP contribution in [0.2, 0.25) is 0 Å². The first kappa shape index (κ1) is 9.12. The number of rotatable bonds is 0. The summed E-state index contributed by atoms with van der Waals surface area (Å²) in [6.45, 7) is 3.50. The number of alkyl halides is 3. The lowest BCUT2D eigenvalue weighted by Gasteiger charge is -2.04. The van der Waals surface area contributed by atoms with E-state index in [0.717, 1.165) is 12.1 Å². The van der Waals surface area contributed by atoms with Gasteiger partial charge in [0.05, 0.1) is 5.56 Å². The van der Waals surface area contributed by atoms with Crippen molar-refractivity contribution in [2.45, 2.75) is 6.18 Å². The Labute approximate surface area is 78.1 Å². The van der Waals surface area contributed by atoms with E-state index < -0.39 is 11.7 Å². The molecule has 1 radical (unpaired) electrons. The summed E-state index contributed by atoms with van der Waals surface area (Å²) in [7, 11) is 0. The normalized spacial score (nSPS) is 12.3. The molecular weight excluding hydrogens is 193 g/mol. The molecule has 4 heteroatoms. The second-order valence-electron chi connectivity index (χ2n) is 2.96. The average Bonchev–Trinajstić information content (AvgIpc) is 2.41. The van der Waals surface area contributed by atoms with E-state index in [0.29, 0.717) is 16.7 Å². The van der Waals surface area contributed by atoms with Gasteiger partial charge in [-0.3, -0.25) is 0 Å². The zero-order valence-electron chi connectivity index (χ0n) is 7.06. The van der Waals surface area contributed by atoms with Gasteiger partial charge in [-0.15, -0.1) is 0 Å². The van der Waals surface area contributed by atoms with E-state index in [1.807, 2.05) is 0 Å². The third-order valence-electron chi connectivity index (χ3n) is 1.89. The minimum atomic E-state index is -4.31. The highest BCUT2D eigenvalue weighted by Crippen LogP contribution is 2.32. The molecule has 0 fully saturated rings. The predicted octanol–water partition coefficient (Wildman–Crippen LogP) is 3.63. The van der Waals surface area contributed by atoms with Crippen molar-refractivity contribution in [2.75, 3.05) is 0 Å². The van der Waals surface area contributed by atoms with Crippen LogP contribution in [0.25, 0.3) is 11.0 Å². The monoisotopic (exact) mass is 199 g/mol. The topological polar surface area (TPSA) is 13.1 Å². The highest BCUT2D eigenvalue weighted by molar-refractivity contribution is 5.79. The fraction of sp³-hybridized carbons (Fsp3) is 0.100. The van der Waals surface area contributed by atoms with Crippen molar-refractivity contribution in [3.63, 3.8) is 0 Å². The van der Waals surface area contributed by atoms with Crippen LogP contribution in [0.5, 0.6) is 0 Å². The van der Waals surface area contributed by atoms with Gasteiger partial charge in [0.25, 0.3) is 0 Å². The Morgan fingerprint density at radius 2 is 1.86 bits per heavy atom. The Balaban J connectivity index is 2.62. The summed E-state index contributed by atoms with van der Waals surface area (Å²) in [4.78, 5) is 0. The molecular formula is C10H6F3O. The molecule has 0 aliphatic heterocycles. The smallest absolute Gasteiger partial charge is 0.416 e. The number of hydrogen-bond donors (Lipinski definition) is 0. The van der Waals surface area contributed by atoms with Crippen LogP contribution in [0, 0.1) is 6.92 Å². The molecule has 0 bridgehead atoms. The van der Waals surface area contributed by atoms with Crippen LogP contribution in [-0.2, 0) is 6.18 Å². The fourth-order valence-electron chi connectivity index (χ4n) is 1.27. The van der Waals surface area contributed by atoms with Crippen LogP contribution in [0.3, 0.4) is 0 Å². The first-order valence-electron chi connectivity index (χ1n) is 3.89. The van der Waals surface area contributed by atoms with Crippen LogP contribution in [0.1, 0.15) is 11.3 Å². The van der Waals surface area contributed by atoms with Crippen LogP contribution < -0.4 is 0 Å². The van der Waals surface area contributed by atoms with Crippen molar-refractivity contribution < 1.29 is 17.6 Å². The molecule has 0 unspecified atom stereocenters. The zero-order chi connectivity index (χ0) is 10.3. The van der Waals surface area contributed by atoms with Gasteiger partial charge < -0.3 is 4.42 Å². The van der Waals surface area contributed by atoms with Crippen LogP contribution in [0.4, 0.5) is 13.2 Å². The number of hydrogen-bond acceptors (Lipinski definition) is 1. The summed E-state index contributed by atoms with van der Waals surface area (Å²) in [5, 5.41) is 0.421. The number of halogens is 3. The lowest BCUT2D eigenvalue weighted by Crippen LogP contribution is -2.03. The van der Waals surface area contributed by atoms with Gasteiger partial charge in [0, 0.05) is 12.3 Å². The second-order valence-corrected chi connectivity index (χ2v) is 2.96. The SMILES string of the molecule is [CH2]c1cc2cc(C(F)(F)F)ccc2o1. The Morgan fingerprint density at radius 3 is 2.50 bits per heavy atom. The minimum absolute atomic E-state index is 0.360. The largest absolute Gasteiger partial charge is 0.461 e. The van der Waals surface area contributed by atoms with Gasteiger partial charge in [-0.2, -0.15) is 13.2 Å². The van der Waals surface area contributed by atoms with Crippen molar-refractivity contribution in [1.29, 1.82) is 0 Å². The zero-order valence-corrected chi connectivity index (χ0v) is 7.06. The molecule has 0 aliphatic carbocycles. The molecule has 0 atom stereocenters. The lowest BCUT2D eigenvalue weighted by atomic mass is 10.1. The van der Waals surface area contributed by atoms with Gasteiger partial charge in [-0.05, 0) is 24.3 Å². The van der Waals surface area contributed by atoms with Gasteiger partial charge in [-0.25, -0.2) is 0 Å². The van der Waals surface area contributed by atoms with E-state index in [2.05, 4.69) is 6.92 Å². The predicted molar refractivity (Wildman–Crippen MR) is 45.7 cm³/mol. The summed E-state index contributed by atoms with van der Waals surface area (Å²) < 4.78 is 41.9. The van der Waals surface area contributed by atoms with Crippen molar-refractivity contribution in [3.8, 4) is 0 Å². The molecule has 0 spiro atoms. The lowest BCUT2D eigenvalue weighted by molar-refractivity contribution is -0.137. The van der Waals surface area contributed by atoms with E-state index in [-0.39, 0.29) is 0 Å². The van der Waals surface area contributed by atoms with E-state index in [1.165, 1.54) is 12.1 Å². The molecule has 0 amide bonds. The van der Waals surface area contributed by atoms with Crippen molar-refractivity contribution in [3.05, 3.63) is 42.5 Å². The Bertz CT molecular complexity index is 468. The summed E-state index contributed by atoms with van der Waals surface area (Å²) in [5.41, 5.74) is -0.256. The summed E-state index contributed by atoms with van der Waals surface area (Å²) in [5.74, 6) is 0.360. The number of fused-ring (bicyclic) bond motifs is 1. The molecule has 1 aromatic heterocycles. The molecule has 0 N–H and O–H groups in total. The number of furan rings is 1. The molecule has 0 saturated heterocycles.